The van der Waals surface area contributed by atoms with Crippen LogP contribution >= 0.6 is 11.8 Å². The summed E-state index contributed by atoms with van der Waals surface area (Å²) in [6, 6.07) is 0. The molecular weight excluding hydrogens is 216 g/mol. The lowest BCUT2D eigenvalue weighted by molar-refractivity contribution is -0.386. The van der Waals surface area contributed by atoms with E-state index in [2.05, 4.69) is 4.98 Å². The van der Waals surface area contributed by atoms with Crippen LogP contribution < -0.4 is 4.74 Å². The zero-order chi connectivity index (χ0) is 10.8. The number of hydrogen-bond donors (Lipinski definition) is 0. The van der Waals surface area contributed by atoms with Crippen LogP contribution in [0.5, 0.6) is 5.75 Å². The lowest BCUT2D eigenvalue weighted by atomic mass is 10.4. The monoisotopic (exact) mass is 226 g/mol. The number of pyridine rings is 1. The summed E-state index contributed by atoms with van der Waals surface area (Å²) in [6.07, 6.45) is 6.78. The molecule has 1 fully saturated rings. The van der Waals surface area contributed by atoms with Crippen LogP contribution in [0.25, 0.3) is 0 Å². The maximum absolute atomic E-state index is 10.8. The van der Waals surface area contributed by atoms with Crippen molar-refractivity contribution in [1.82, 2.24) is 4.98 Å². The van der Waals surface area contributed by atoms with Gasteiger partial charge in [0.15, 0.2) is 0 Å². The molecule has 5 nitrogen and oxygen atoms in total. The molecule has 0 amide bonds. The first-order chi connectivity index (χ1) is 7.22. The summed E-state index contributed by atoms with van der Waals surface area (Å²) in [7, 11) is 0. The van der Waals surface area contributed by atoms with Gasteiger partial charge in [-0.3, -0.25) is 15.1 Å². The zero-order valence-corrected chi connectivity index (χ0v) is 8.99. The lowest BCUT2D eigenvalue weighted by Crippen LogP contribution is -2.02. The Morgan fingerprint density at radius 3 is 2.87 bits per heavy atom. The third-order valence-corrected chi connectivity index (χ3v) is 2.80. The number of nitro groups is 1. The molecule has 0 atom stereocenters. The van der Waals surface area contributed by atoms with E-state index in [0.717, 1.165) is 17.7 Å². The first-order valence-corrected chi connectivity index (χ1v) is 5.78. The van der Waals surface area contributed by atoms with E-state index in [9.17, 15) is 10.1 Å². The topological polar surface area (TPSA) is 65.3 Å². The molecular formula is C9H10N2O3S. The second kappa shape index (κ2) is 4.06. The van der Waals surface area contributed by atoms with E-state index in [0.29, 0.717) is 5.75 Å². The lowest BCUT2D eigenvalue weighted by Gasteiger charge is -2.08. The molecule has 6 heteroatoms. The molecule has 0 aliphatic heterocycles. The van der Waals surface area contributed by atoms with Crippen molar-refractivity contribution in [3.8, 4) is 5.75 Å². The summed E-state index contributed by atoms with van der Waals surface area (Å²) < 4.78 is 5.54. The zero-order valence-electron chi connectivity index (χ0n) is 8.17. The van der Waals surface area contributed by atoms with E-state index in [-0.39, 0.29) is 11.8 Å². The normalized spacial score (nSPS) is 15.0. The summed E-state index contributed by atoms with van der Waals surface area (Å²) in [5.41, 5.74) is -0.0475. The molecule has 0 N–H and O–H groups in total. The van der Waals surface area contributed by atoms with Crippen molar-refractivity contribution in [3.63, 3.8) is 0 Å². The molecule has 2 rings (SSSR count). The summed E-state index contributed by atoms with van der Waals surface area (Å²) in [5.74, 6) is 0.366. The number of nitrogens with zero attached hydrogens (tertiary/aromatic N) is 2. The van der Waals surface area contributed by atoms with Crippen LogP contribution in [-0.2, 0) is 0 Å². The number of thioether (sulfide) groups is 1. The van der Waals surface area contributed by atoms with Gasteiger partial charge in [0.25, 0.3) is 0 Å². The molecule has 0 bridgehead atoms. The van der Waals surface area contributed by atoms with Gasteiger partial charge in [0.2, 0.25) is 5.75 Å². The van der Waals surface area contributed by atoms with Gasteiger partial charge in [-0.25, -0.2) is 0 Å². The maximum atomic E-state index is 10.8. The van der Waals surface area contributed by atoms with E-state index in [1.807, 2.05) is 6.26 Å². The maximum Gasteiger partial charge on any atom is 0.330 e. The minimum absolute atomic E-state index is 0.0475. The predicted molar refractivity (Wildman–Crippen MR) is 56.3 cm³/mol. The van der Waals surface area contributed by atoms with Gasteiger partial charge in [-0.15, -0.1) is 11.8 Å². The summed E-state index contributed by atoms with van der Waals surface area (Å²) in [6.45, 7) is 0. The van der Waals surface area contributed by atoms with Crippen LogP contribution in [0, 0.1) is 10.1 Å². The van der Waals surface area contributed by atoms with Gasteiger partial charge >= 0.3 is 5.69 Å². The SMILES string of the molecule is CSc1cncc([N+](=O)[O-])c1OC1CC1. The summed E-state index contributed by atoms with van der Waals surface area (Å²) in [5, 5.41) is 10.8. The smallest absolute Gasteiger partial charge is 0.330 e. The van der Waals surface area contributed by atoms with Gasteiger partial charge in [-0.05, 0) is 19.1 Å². The molecule has 0 spiro atoms. The highest BCUT2D eigenvalue weighted by atomic mass is 32.2. The van der Waals surface area contributed by atoms with Crippen LogP contribution in [0.15, 0.2) is 17.3 Å². The standard InChI is InChI=1S/C9H10N2O3S/c1-15-8-5-10-4-7(11(12)13)9(8)14-6-2-3-6/h4-6H,2-3H2,1H3. The fourth-order valence-electron chi connectivity index (χ4n) is 1.17. The Morgan fingerprint density at radius 2 is 2.33 bits per heavy atom. The Labute approximate surface area is 91.0 Å². The van der Waals surface area contributed by atoms with Gasteiger partial charge in [0.05, 0.1) is 15.9 Å². The molecule has 1 aromatic heterocycles. The molecule has 0 radical (unpaired) electrons. The molecule has 1 heterocycles. The fourth-order valence-corrected chi connectivity index (χ4v) is 1.67. The first-order valence-electron chi connectivity index (χ1n) is 4.55. The molecule has 80 valence electrons. The number of rotatable bonds is 4. The summed E-state index contributed by atoms with van der Waals surface area (Å²) in [4.78, 5) is 14.9. The van der Waals surface area contributed by atoms with Gasteiger partial charge in [-0.2, -0.15) is 0 Å². The van der Waals surface area contributed by atoms with Gasteiger partial charge in [-0.1, -0.05) is 0 Å². The molecule has 1 aliphatic rings. The number of ether oxygens (including phenoxy) is 1. The van der Waals surface area contributed by atoms with E-state index in [1.165, 1.54) is 18.0 Å². The third-order valence-electron chi connectivity index (χ3n) is 2.07. The van der Waals surface area contributed by atoms with E-state index in [1.54, 1.807) is 6.20 Å². The second-order valence-electron chi connectivity index (χ2n) is 3.26. The van der Waals surface area contributed by atoms with E-state index < -0.39 is 4.92 Å². The van der Waals surface area contributed by atoms with Crippen molar-refractivity contribution >= 4 is 17.4 Å². The molecule has 0 unspecified atom stereocenters. The Bertz CT molecular complexity index is 393. The highest BCUT2D eigenvalue weighted by Gasteiger charge is 2.29. The van der Waals surface area contributed by atoms with E-state index >= 15 is 0 Å². The average Bonchev–Trinajstić information content (AvgIpc) is 3.01. The van der Waals surface area contributed by atoms with Gasteiger partial charge in [0, 0.05) is 6.20 Å². The molecule has 1 aromatic rings. The Kier molecular flexibility index (Phi) is 2.77. The second-order valence-corrected chi connectivity index (χ2v) is 4.11. The highest BCUT2D eigenvalue weighted by Crippen LogP contribution is 2.39. The largest absolute Gasteiger partial charge is 0.483 e. The van der Waals surface area contributed by atoms with Crippen molar-refractivity contribution in [1.29, 1.82) is 0 Å². The van der Waals surface area contributed by atoms with Crippen LogP contribution in [0.1, 0.15) is 12.8 Å². The van der Waals surface area contributed by atoms with Gasteiger partial charge < -0.3 is 4.74 Å². The van der Waals surface area contributed by atoms with Crippen molar-refractivity contribution in [2.45, 2.75) is 23.8 Å². The fraction of sp³-hybridized carbons (Fsp3) is 0.444. The highest BCUT2D eigenvalue weighted by molar-refractivity contribution is 7.98. The van der Waals surface area contributed by atoms with Crippen LogP contribution in [0.3, 0.4) is 0 Å². The van der Waals surface area contributed by atoms with Crippen molar-refractivity contribution in [2.75, 3.05) is 6.26 Å². The van der Waals surface area contributed by atoms with Crippen LogP contribution in [0.4, 0.5) is 5.69 Å². The molecule has 1 saturated carbocycles. The molecule has 1 aliphatic carbocycles. The van der Waals surface area contributed by atoms with Crippen molar-refractivity contribution in [2.24, 2.45) is 0 Å². The van der Waals surface area contributed by atoms with Gasteiger partial charge in [0.1, 0.15) is 6.20 Å². The average molecular weight is 226 g/mol. The Morgan fingerprint density at radius 1 is 1.60 bits per heavy atom. The van der Waals surface area contributed by atoms with E-state index in [4.69, 9.17) is 4.74 Å². The molecule has 15 heavy (non-hydrogen) atoms. The van der Waals surface area contributed by atoms with Crippen LogP contribution in [-0.4, -0.2) is 22.3 Å². The third kappa shape index (κ3) is 2.20. The minimum atomic E-state index is -0.454. The first kappa shape index (κ1) is 10.2. The Balaban J connectivity index is 2.38. The number of aromatic nitrogens is 1. The molecule has 0 aromatic carbocycles. The molecule has 0 saturated heterocycles. The quantitative estimate of drug-likeness (QED) is 0.447. The van der Waals surface area contributed by atoms with Crippen molar-refractivity contribution < 1.29 is 9.66 Å². The van der Waals surface area contributed by atoms with Crippen molar-refractivity contribution in [3.05, 3.63) is 22.5 Å². The Hall–Kier alpha value is -1.30. The predicted octanol–water partition coefficient (Wildman–Crippen LogP) is 2.25. The minimum Gasteiger partial charge on any atom is -0.483 e. The number of hydrogen-bond acceptors (Lipinski definition) is 5. The summed E-state index contributed by atoms with van der Waals surface area (Å²) >= 11 is 1.40. The van der Waals surface area contributed by atoms with Crippen LogP contribution in [0.2, 0.25) is 0 Å².